The van der Waals surface area contributed by atoms with Crippen molar-refractivity contribution < 1.29 is 49.7 Å². The third kappa shape index (κ3) is 11.3. The van der Waals surface area contributed by atoms with Crippen LogP contribution in [0.15, 0.2) is 182 Å². The maximum atomic E-state index is 8.00. The first kappa shape index (κ1) is 38.1. The summed E-state index contributed by atoms with van der Waals surface area (Å²) >= 11 is 0. The van der Waals surface area contributed by atoms with Crippen molar-refractivity contribution in [3.63, 3.8) is 0 Å². The minimum absolute atomic E-state index is 0. The van der Waals surface area contributed by atoms with Gasteiger partial charge in [-0.1, -0.05) is 109 Å². The molecular weight excluding hydrogens is 785 g/mol. The number of benzene rings is 6. The molecule has 0 aromatic heterocycles. The van der Waals surface area contributed by atoms with Crippen molar-refractivity contribution in [3.05, 3.63) is 182 Å². The molecule has 0 aliphatic carbocycles. The summed E-state index contributed by atoms with van der Waals surface area (Å²) in [6, 6.07) is 65.0. The van der Waals surface area contributed by atoms with Crippen LogP contribution in [0.5, 0.6) is 0 Å². The third-order valence-electron chi connectivity index (χ3n) is 6.37. The van der Waals surface area contributed by atoms with Crippen molar-refractivity contribution in [2.45, 2.75) is 0 Å². The Balaban J connectivity index is 0.000000381. The van der Waals surface area contributed by atoms with Crippen LogP contribution >= 0.6 is 15.8 Å². The quantitative estimate of drug-likeness (QED) is 0.220. The average Bonchev–Trinajstić information content (AvgIpc) is 3.06. The Labute approximate surface area is 284 Å². The van der Waals surface area contributed by atoms with Crippen molar-refractivity contribution in [3.8, 4) is 0 Å². The van der Waals surface area contributed by atoms with Crippen molar-refractivity contribution in [2.75, 3.05) is 0 Å². The first-order valence-corrected chi connectivity index (χ1v) is 16.3. The van der Waals surface area contributed by atoms with Gasteiger partial charge in [0.15, 0.2) is 0 Å². The van der Waals surface area contributed by atoms with E-state index in [1.807, 2.05) is 6.79 Å². The van der Waals surface area contributed by atoms with Gasteiger partial charge in [-0.2, -0.15) is 0 Å². The fourth-order valence-electron chi connectivity index (χ4n) is 4.63. The van der Waals surface area contributed by atoms with E-state index >= 15 is 0 Å². The zero-order valence-electron chi connectivity index (χ0n) is 23.5. The Morgan fingerprint density at radius 2 is 0.395 bits per heavy atom. The monoisotopic (exact) mass is 819 g/mol. The Bertz CT molecular complexity index is 1210. The molecule has 0 N–H and O–H groups in total. The van der Waals surface area contributed by atoms with E-state index in [0.717, 1.165) is 0 Å². The molecule has 0 atom stereocenters. The molecule has 0 saturated carbocycles. The molecule has 0 aliphatic heterocycles. The molecule has 6 heteroatoms. The van der Waals surface area contributed by atoms with E-state index < -0.39 is 15.8 Å². The second-order valence-electron chi connectivity index (χ2n) is 8.95. The molecule has 0 aliphatic rings. The Kier molecular flexibility index (Phi) is 19.2. The first-order chi connectivity index (χ1) is 19.9. The van der Waals surface area contributed by atoms with E-state index in [2.05, 4.69) is 182 Å². The van der Waals surface area contributed by atoms with Crippen molar-refractivity contribution in [1.82, 2.24) is 0 Å². The molecule has 0 bridgehead atoms. The molecule has 1 radical (unpaired) electrons. The van der Waals surface area contributed by atoms with Crippen LogP contribution in [0.3, 0.4) is 0 Å². The molecule has 0 fully saturated rings. The van der Waals surface area contributed by atoms with Crippen LogP contribution in [0.4, 0.5) is 0 Å². The first-order valence-electron chi connectivity index (χ1n) is 13.3. The van der Waals surface area contributed by atoms with E-state index in [-0.39, 0.29) is 44.9 Å². The van der Waals surface area contributed by atoms with Gasteiger partial charge in [0.1, 0.15) is 38.6 Å². The zero-order valence-corrected chi connectivity index (χ0v) is 29.4. The number of rotatable bonds is 6. The largest absolute Gasteiger partial charge is 1.00 e. The molecule has 43 heavy (non-hydrogen) atoms. The predicted octanol–water partition coefficient (Wildman–Crippen LogP) is 0.175. The van der Waals surface area contributed by atoms with Crippen LogP contribution in [-0.2, 0) is 24.9 Å². The fraction of sp³-hybridized carbons (Fsp3) is 0. The fourth-order valence-corrected chi connectivity index (χ4v) is 9.78. The third-order valence-corrected chi connectivity index (χ3v) is 11.8. The van der Waals surface area contributed by atoms with Gasteiger partial charge in [-0.15, -0.1) is 0 Å². The summed E-state index contributed by atoms with van der Waals surface area (Å²) in [5.74, 6) is 0. The van der Waals surface area contributed by atoms with Gasteiger partial charge < -0.3 is 29.6 Å². The van der Waals surface area contributed by atoms with E-state index in [9.17, 15) is 0 Å². The molecule has 0 spiro atoms. The van der Waals surface area contributed by atoms with Gasteiger partial charge in [0.2, 0.25) is 0 Å². The number of hydrogen-bond donors (Lipinski definition) is 0. The minimum Gasteiger partial charge on any atom is -1.00 e. The van der Waals surface area contributed by atoms with Crippen molar-refractivity contribution in [2.24, 2.45) is 0 Å². The molecule has 0 unspecified atom stereocenters. The van der Waals surface area contributed by atoms with Gasteiger partial charge >= 0.3 is 0 Å². The van der Waals surface area contributed by atoms with Crippen LogP contribution in [0.2, 0.25) is 0 Å². The summed E-state index contributed by atoms with van der Waals surface area (Å²) in [5.41, 5.74) is 0. The van der Waals surface area contributed by atoms with E-state index in [0.29, 0.717) is 0 Å². The predicted molar refractivity (Wildman–Crippen MR) is 180 cm³/mol. The Morgan fingerprint density at radius 1 is 0.279 bits per heavy atom. The van der Waals surface area contributed by atoms with Gasteiger partial charge in [0.25, 0.3) is 0 Å². The summed E-state index contributed by atoms with van der Waals surface area (Å²) in [6.07, 6.45) is 0. The number of halogens is 2. The molecule has 0 saturated heterocycles. The molecule has 1 nitrogen and oxygen atoms in total. The summed E-state index contributed by atoms with van der Waals surface area (Å²) in [5, 5.41) is 8.61. The van der Waals surface area contributed by atoms with E-state index in [1.54, 1.807) is 0 Å². The summed E-state index contributed by atoms with van der Waals surface area (Å²) in [7, 11) is -1.75. The molecule has 6 rings (SSSR count). The van der Waals surface area contributed by atoms with Crippen LogP contribution < -0.4 is 56.6 Å². The van der Waals surface area contributed by atoms with Crippen molar-refractivity contribution >= 4 is 54.5 Å². The Hall–Kier alpha value is -2.92. The SMILES string of the molecule is C=O.[Cl-].[Cl-].[Ir].c1ccc([PH+](c2ccccc2)c2ccccc2)cc1.c1ccc([PH+](c2ccccc2)c2ccccc2)cc1. The van der Waals surface area contributed by atoms with Crippen molar-refractivity contribution in [1.29, 1.82) is 0 Å². The smallest absolute Gasteiger partial charge is 0.106 e. The summed E-state index contributed by atoms with van der Waals surface area (Å²) in [4.78, 5) is 8.00. The van der Waals surface area contributed by atoms with Gasteiger partial charge in [-0.25, -0.2) is 0 Å². The van der Waals surface area contributed by atoms with Crippen LogP contribution in [0, 0.1) is 0 Å². The molecule has 0 heterocycles. The number of carbonyl (C=O) groups excluding carboxylic acids is 1. The van der Waals surface area contributed by atoms with Crippen LogP contribution in [0.25, 0.3) is 0 Å². The van der Waals surface area contributed by atoms with Crippen LogP contribution in [0.1, 0.15) is 0 Å². The standard InChI is InChI=1S/2C18H15P.CH2O.2ClH.Ir/c2*1-4-10-16(11-5-1)19(17-12-6-2-7-13-17)18-14-8-3-9-15-18;1-2;;;/h2*1-15H;1H2;2*1H;. The Morgan fingerprint density at radius 3 is 0.512 bits per heavy atom. The van der Waals surface area contributed by atoms with Gasteiger partial charge in [0, 0.05) is 20.1 Å². The number of hydrogen-bond acceptors (Lipinski definition) is 1. The van der Waals surface area contributed by atoms with Gasteiger partial charge in [-0.3, -0.25) is 0 Å². The normalized spacial score (nSPS) is 9.44. The van der Waals surface area contributed by atoms with Crippen LogP contribution in [-0.4, -0.2) is 6.79 Å². The molecule has 221 valence electrons. The molecular formula is C37H34Cl2IrOP2. The summed E-state index contributed by atoms with van der Waals surface area (Å²) in [6.45, 7) is 2.00. The zero-order chi connectivity index (χ0) is 27.8. The maximum Gasteiger partial charge on any atom is 0.106 e. The van der Waals surface area contributed by atoms with Gasteiger partial charge in [-0.05, 0) is 72.8 Å². The molecule has 0 amide bonds. The van der Waals surface area contributed by atoms with E-state index in [1.165, 1.54) is 31.8 Å². The number of carbonyl (C=O) groups is 1. The molecule has 6 aromatic carbocycles. The van der Waals surface area contributed by atoms with Gasteiger partial charge in [0.05, 0.1) is 15.8 Å². The maximum absolute atomic E-state index is 8.00. The second kappa shape index (κ2) is 21.7. The molecule has 6 aromatic rings. The summed E-state index contributed by atoms with van der Waals surface area (Å²) < 4.78 is 0. The van der Waals surface area contributed by atoms with E-state index in [4.69, 9.17) is 4.79 Å². The minimum atomic E-state index is -0.877. The second-order valence-corrected chi connectivity index (χ2v) is 13.9. The topological polar surface area (TPSA) is 17.1 Å². The average molecular weight is 820 g/mol.